The van der Waals surface area contributed by atoms with Crippen molar-refractivity contribution in [2.24, 2.45) is 13.0 Å². The minimum absolute atomic E-state index is 0.235. The zero-order valence-electron chi connectivity index (χ0n) is 17.4. The number of nitrogens with zero attached hydrogens (tertiary/aromatic N) is 3. The van der Waals surface area contributed by atoms with E-state index >= 15 is 0 Å². The molecule has 1 atom stereocenters. The summed E-state index contributed by atoms with van der Waals surface area (Å²) >= 11 is 20.0. The van der Waals surface area contributed by atoms with Crippen molar-refractivity contribution in [3.63, 3.8) is 0 Å². The van der Waals surface area contributed by atoms with Crippen LogP contribution in [0.15, 0.2) is 47.6 Å². The lowest BCUT2D eigenvalue weighted by atomic mass is 10.0. The summed E-state index contributed by atoms with van der Waals surface area (Å²) in [5.41, 5.74) is 1.40. The molecule has 1 aromatic heterocycles. The lowest BCUT2D eigenvalue weighted by Crippen LogP contribution is -2.31. The molecule has 0 aliphatic rings. The van der Waals surface area contributed by atoms with Crippen molar-refractivity contribution in [1.29, 1.82) is 0 Å². The van der Waals surface area contributed by atoms with Crippen LogP contribution in [-0.4, -0.2) is 20.7 Å². The summed E-state index contributed by atoms with van der Waals surface area (Å²) in [5.74, 6) is 1.43. The van der Waals surface area contributed by atoms with Crippen molar-refractivity contribution in [2.45, 2.75) is 37.2 Å². The van der Waals surface area contributed by atoms with Gasteiger partial charge in [0.15, 0.2) is 11.0 Å². The third-order valence-electron chi connectivity index (χ3n) is 4.68. The first kappa shape index (κ1) is 23.9. The summed E-state index contributed by atoms with van der Waals surface area (Å²) in [5, 5.41) is 14.2. The number of thioether (sulfide) groups is 1. The van der Waals surface area contributed by atoms with Gasteiger partial charge < -0.3 is 9.88 Å². The van der Waals surface area contributed by atoms with Crippen LogP contribution in [-0.2, 0) is 12.8 Å². The number of carbonyl (C=O) groups is 1. The van der Waals surface area contributed by atoms with E-state index in [9.17, 15) is 4.79 Å². The number of halogens is 3. The summed E-state index contributed by atoms with van der Waals surface area (Å²) in [7, 11) is 1.90. The summed E-state index contributed by atoms with van der Waals surface area (Å²) in [6.07, 6.45) is 0.718. The Morgan fingerprint density at radius 2 is 1.84 bits per heavy atom. The highest BCUT2D eigenvalue weighted by atomic mass is 35.5. The fraction of sp³-hybridized carbons (Fsp3) is 0.318. The molecule has 1 unspecified atom stereocenters. The number of rotatable bonds is 8. The maximum atomic E-state index is 12.8. The van der Waals surface area contributed by atoms with Gasteiger partial charge in [0.05, 0.1) is 16.6 Å². The van der Waals surface area contributed by atoms with Crippen molar-refractivity contribution in [1.82, 2.24) is 20.1 Å². The SMILES string of the molecule is CC(C)CC(NC(=O)c1ccccc1Cl)c1nnc(SCc2ccc(Cl)cc2Cl)n1C. The molecule has 164 valence electrons. The predicted octanol–water partition coefficient (Wildman–Crippen LogP) is 6.58. The van der Waals surface area contributed by atoms with E-state index in [2.05, 4.69) is 29.4 Å². The Kier molecular flexibility index (Phi) is 8.28. The molecule has 3 aromatic rings. The zero-order valence-corrected chi connectivity index (χ0v) is 20.5. The molecule has 0 radical (unpaired) electrons. The van der Waals surface area contributed by atoms with Gasteiger partial charge in [-0.05, 0) is 42.2 Å². The first-order valence-electron chi connectivity index (χ1n) is 9.77. The minimum atomic E-state index is -0.297. The van der Waals surface area contributed by atoms with Gasteiger partial charge in [-0.2, -0.15) is 0 Å². The van der Waals surface area contributed by atoms with Crippen molar-refractivity contribution >= 4 is 52.5 Å². The van der Waals surface area contributed by atoms with Crippen LogP contribution in [0.5, 0.6) is 0 Å². The van der Waals surface area contributed by atoms with Gasteiger partial charge in [0.25, 0.3) is 5.91 Å². The lowest BCUT2D eigenvalue weighted by Gasteiger charge is -2.20. The smallest absolute Gasteiger partial charge is 0.253 e. The molecule has 0 saturated carbocycles. The Hall–Kier alpha value is -1.73. The second kappa shape index (κ2) is 10.7. The Bertz CT molecular complexity index is 1070. The zero-order chi connectivity index (χ0) is 22.5. The molecule has 1 N–H and O–H groups in total. The fourth-order valence-corrected chi connectivity index (χ4v) is 4.82. The average Bonchev–Trinajstić information content (AvgIpc) is 3.07. The highest BCUT2D eigenvalue weighted by molar-refractivity contribution is 7.98. The average molecular weight is 498 g/mol. The summed E-state index contributed by atoms with van der Waals surface area (Å²) in [6.45, 7) is 4.20. The van der Waals surface area contributed by atoms with Crippen LogP contribution < -0.4 is 5.32 Å². The molecule has 3 rings (SSSR count). The number of amides is 1. The number of benzene rings is 2. The van der Waals surface area contributed by atoms with Crippen LogP contribution in [0.4, 0.5) is 0 Å². The number of nitrogens with one attached hydrogen (secondary N) is 1. The van der Waals surface area contributed by atoms with Crippen LogP contribution in [0.2, 0.25) is 15.1 Å². The summed E-state index contributed by atoms with van der Waals surface area (Å²) in [6, 6.07) is 12.1. The number of carbonyl (C=O) groups excluding carboxylic acids is 1. The molecule has 0 bridgehead atoms. The van der Waals surface area contributed by atoms with Crippen molar-refractivity contribution in [3.05, 3.63) is 74.5 Å². The standard InChI is InChI=1S/C22H23Cl3N4OS/c1-13(2)10-19(26-21(30)16-6-4-5-7-17(16)24)20-27-28-22(29(20)3)31-12-14-8-9-15(23)11-18(14)25/h4-9,11,13,19H,10,12H2,1-3H3,(H,26,30). The molecule has 1 heterocycles. The van der Waals surface area contributed by atoms with E-state index in [1.807, 2.05) is 23.7 Å². The second-order valence-electron chi connectivity index (χ2n) is 7.56. The van der Waals surface area contributed by atoms with E-state index in [1.54, 1.807) is 30.3 Å². The molecule has 0 spiro atoms. The van der Waals surface area contributed by atoms with Gasteiger partial charge in [0, 0.05) is 22.8 Å². The van der Waals surface area contributed by atoms with Gasteiger partial charge >= 0.3 is 0 Å². The van der Waals surface area contributed by atoms with E-state index < -0.39 is 0 Å². The molecule has 1 amide bonds. The van der Waals surface area contributed by atoms with Gasteiger partial charge in [0.2, 0.25) is 0 Å². The van der Waals surface area contributed by atoms with Gasteiger partial charge in [-0.15, -0.1) is 10.2 Å². The normalized spacial score (nSPS) is 12.2. The maximum Gasteiger partial charge on any atom is 0.253 e. The third-order valence-corrected chi connectivity index (χ3v) is 6.67. The summed E-state index contributed by atoms with van der Waals surface area (Å²) in [4.78, 5) is 12.8. The summed E-state index contributed by atoms with van der Waals surface area (Å²) < 4.78 is 1.91. The third kappa shape index (κ3) is 6.16. The van der Waals surface area contributed by atoms with Crippen molar-refractivity contribution < 1.29 is 4.79 Å². The van der Waals surface area contributed by atoms with E-state index in [0.717, 1.165) is 17.1 Å². The Balaban J connectivity index is 1.78. The van der Waals surface area contributed by atoms with Gasteiger partial charge in [-0.3, -0.25) is 4.79 Å². The first-order chi connectivity index (χ1) is 14.8. The van der Waals surface area contributed by atoms with E-state index in [4.69, 9.17) is 34.8 Å². The molecule has 5 nitrogen and oxygen atoms in total. The molecular formula is C22H23Cl3N4OS. The van der Waals surface area contributed by atoms with Crippen LogP contribution >= 0.6 is 46.6 Å². The van der Waals surface area contributed by atoms with E-state index in [1.165, 1.54) is 11.8 Å². The van der Waals surface area contributed by atoms with Crippen LogP contribution in [0.25, 0.3) is 0 Å². The quantitative estimate of drug-likeness (QED) is 0.357. The van der Waals surface area contributed by atoms with Crippen LogP contribution in [0, 0.1) is 5.92 Å². The molecule has 9 heteroatoms. The Morgan fingerprint density at radius 1 is 1.10 bits per heavy atom. The van der Waals surface area contributed by atoms with Gasteiger partial charge in [0.1, 0.15) is 0 Å². The predicted molar refractivity (Wildman–Crippen MR) is 128 cm³/mol. The van der Waals surface area contributed by atoms with E-state index in [-0.39, 0.29) is 11.9 Å². The topological polar surface area (TPSA) is 59.8 Å². The molecule has 0 saturated heterocycles. The minimum Gasteiger partial charge on any atom is -0.342 e. The number of hydrogen-bond acceptors (Lipinski definition) is 4. The molecule has 0 fully saturated rings. The van der Waals surface area contributed by atoms with Crippen LogP contribution in [0.3, 0.4) is 0 Å². The molecule has 31 heavy (non-hydrogen) atoms. The molecule has 0 aliphatic heterocycles. The van der Waals surface area contributed by atoms with Crippen LogP contribution in [0.1, 0.15) is 48.1 Å². The highest BCUT2D eigenvalue weighted by Gasteiger charge is 2.24. The largest absolute Gasteiger partial charge is 0.342 e. The van der Waals surface area contributed by atoms with Gasteiger partial charge in [-0.25, -0.2) is 0 Å². The number of aromatic nitrogens is 3. The maximum absolute atomic E-state index is 12.8. The monoisotopic (exact) mass is 496 g/mol. The molecular weight excluding hydrogens is 475 g/mol. The van der Waals surface area contributed by atoms with Crippen molar-refractivity contribution in [3.8, 4) is 0 Å². The molecule has 0 aliphatic carbocycles. The highest BCUT2D eigenvalue weighted by Crippen LogP contribution is 2.29. The second-order valence-corrected chi connectivity index (χ2v) is 9.75. The lowest BCUT2D eigenvalue weighted by molar-refractivity contribution is 0.0929. The Labute approximate surface area is 201 Å². The first-order valence-corrected chi connectivity index (χ1v) is 11.9. The fourth-order valence-electron chi connectivity index (χ4n) is 3.12. The van der Waals surface area contributed by atoms with E-state index in [0.29, 0.717) is 38.1 Å². The van der Waals surface area contributed by atoms with Gasteiger partial charge in [-0.1, -0.05) is 78.6 Å². The van der Waals surface area contributed by atoms with Crippen molar-refractivity contribution in [2.75, 3.05) is 0 Å². The Morgan fingerprint density at radius 3 is 2.52 bits per heavy atom. The molecule has 2 aromatic carbocycles. The number of hydrogen-bond donors (Lipinski definition) is 1.